The van der Waals surface area contributed by atoms with Crippen molar-refractivity contribution in [1.82, 2.24) is 5.32 Å². The topological polar surface area (TPSA) is 25.2 Å². The van der Waals surface area contributed by atoms with Crippen molar-refractivity contribution >= 4 is 0 Å². The zero-order chi connectivity index (χ0) is 12.8. The third-order valence-corrected chi connectivity index (χ3v) is 4.35. The molecule has 18 heavy (non-hydrogen) atoms. The molecule has 2 nitrogen and oxygen atoms in total. The zero-order valence-electron chi connectivity index (χ0n) is 11.8. The molecule has 0 saturated heterocycles. The number of rotatable bonds is 6. The monoisotopic (exact) mass is 249 g/mol. The number of furan rings is 1. The lowest BCUT2D eigenvalue weighted by Crippen LogP contribution is -2.39. The molecule has 1 saturated carbocycles. The molecule has 1 unspecified atom stereocenters. The van der Waals surface area contributed by atoms with Crippen LogP contribution in [-0.2, 0) is 6.42 Å². The third-order valence-electron chi connectivity index (χ3n) is 4.35. The highest BCUT2D eigenvalue weighted by atomic mass is 16.3. The van der Waals surface area contributed by atoms with Gasteiger partial charge in [-0.3, -0.25) is 0 Å². The van der Waals surface area contributed by atoms with Crippen LogP contribution in [0.15, 0.2) is 22.8 Å². The van der Waals surface area contributed by atoms with Crippen molar-refractivity contribution in [3.63, 3.8) is 0 Å². The molecule has 1 aromatic rings. The highest BCUT2D eigenvalue weighted by molar-refractivity contribution is 4.98. The SMILES string of the molecule is CCC1CCC(NC(C)CCc2ccco2)CC1. The molecular formula is C16H27NO. The van der Waals surface area contributed by atoms with E-state index < -0.39 is 0 Å². The van der Waals surface area contributed by atoms with Crippen LogP contribution in [0.3, 0.4) is 0 Å². The average molecular weight is 249 g/mol. The molecule has 102 valence electrons. The Bertz CT molecular complexity index is 312. The Kier molecular flexibility index (Phi) is 5.30. The van der Waals surface area contributed by atoms with Gasteiger partial charge in [-0.25, -0.2) is 0 Å². The second kappa shape index (κ2) is 6.98. The van der Waals surface area contributed by atoms with Crippen LogP contribution in [-0.4, -0.2) is 12.1 Å². The minimum absolute atomic E-state index is 0.596. The zero-order valence-corrected chi connectivity index (χ0v) is 11.8. The first-order valence-electron chi connectivity index (χ1n) is 7.56. The minimum Gasteiger partial charge on any atom is -0.469 e. The van der Waals surface area contributed by atoms with E-state index in [0.717, 1.165) is 24.1 Å². The molecule has 1 aliphatic rings. The maximum absolute atomic E-state index is 5.37. The Labute approximate surface area is 111 Å². The molecule has 0 spiro atoms. The normalized spacial score (nSPS) is 26.1. The van der Waals surface area contributed by atoms with Gasteiger partial charge in [0.05, 0.1) is 6.26 Å². The summed E-state index contributed by atoms with van der Waals surface area (Å²) in [4.78, 5) is 0. The summed E-state index contributed by atoms with van der Waals surface area (Å²) in [5, 5.41) is 3.78. The van der Waals surface area contributed by atoms with Crippen LogP contribution < -0.4 is 5.32 Å². The molecule has 0 amide bonds. The maximum atomic E-state index is 5.37. The molecule has 2 rings (SSSR count). The first kappa shape index (κ1) is 13.7. The predicted octanol–water partition coefficient (Wildman–Crippen LogP) is 4.16. The number of hydrogen-bond acceptors (Lipinski definition) is 2. The van der Waals surface area contributed by atoms with Gasteiger partial charge in [0.1, 0.15) is 5.76 Å². The van der Waals surface area contributed by atoms with Crippen molar-refractivity contribution < 1.29 is 4.42 Å². The summed E-state index contributed by atoms with van der Waals surface area (Å²) >= 11 is 0. The van der Waals surface area contributed by atoms with E-state index in [9.17, 15) is 0 Å². The van der Waals surface area contributed by atoms with E-state index in [1.807, 2.05) is 6.07 Å². The van der Waals surface area contributed by atoms with E-state index in [2.05, 4.69) is 25.2 Å². The highest BCUT2D eigenvalue weighted by Gasteiger charge is 2.20. The van der Waals surface area contributed by atoms with Crippen LogP contribution in [0.25, 0.3) is 0 Å². The molecule has 1 atom stereocenters. The predicted molar refractivity (Wildman–Crippen MR) is 75.7 cm³/mol. The summed E-state index contributed by atoms with van der Waals surface area (Å²) in [6.07, 6.45) is 10.9. The van der Waals surface area contributed by atoms with Crippen LogP contribution in [0.4, 0.5) is 0 Å². The van der Waals surface area contributed by atoms with Gasteiger partial charge in [-0.1, -0.05) is 13.3 Å². The molecular weight excluding hydrogens is 222 g/mol. The van der Waals surface area contributed by atoms with E-state index in [1.54, 1.807) is 6.26 Å². The number of hydrogen-bond donors (Lipinski definition) is 1. The largest absolute Gasteiger partial charge is 0.469 e. The van der Waals surface area contributed by atoms with Gasteiger partial charge in [0, 0.05) is 18.5 Å². The summed E-state index contributed by atoms with van der Waals surface area (Å²) in [6, 6.07) is 5.39. The van der Waals surface area contributed by atoms with Crippen LogP contribution in [0.1, 0.15) is 58.1 Å². The molecule has 1 aliphatic carbocycles. The first-order valence-corrected chi connectivity index (χ1v) is 7.56. The van der Waals surface area contributed by atoms with Crippen molar-refractivity contribution in [2.75, 3.05) is 0 Å². The standard InChI is InChI=1S/C16H27NO/c1-3-14-7-9-15(10-8-14)17-13(2)6-11-16-5-4-12-18-16/h4-5,12-15,17H,3,6-11H2,1-2H3. The van der Waals surface area contributed by atoms with E-state index >= 15 is 0 Å². The van der Waals surface area contributed by atoms with Gasteiger partial charge >= 0.3 is 0 Å². The maximum Gasteiger partial charge on any atom is 0.103 e. The number of aryl methyl sites for hydroxylation is 1. The molecule has 0 aromatic carbocycles. The van der Waals surface area contributed by atoms with E-state index in [1.165, 1.54) is 38.5 Å². The highest BCUT2D eigenvalue weighted by Crippen LogP contribution is 2.26. The molecule has 1 fully saturated rings. The fourth-order valence-electron chi connectivity index (χ4n) is 3.04. The van der Waals surface area contributed by atoms with Crippen molar-refractivity contribution in [3.05, 3.63) is 24.2 Å². The second-order valence-electron chi connectivity index (χ2n) is 5.81. The van der Waals surface area contributed by atoms with Crippen molar-refractivity contribution in [3.8, 4) is 0 Å². The van der Waals surface area contributed by atoms with E-state index in [4.69, 9.17) is 4.42 Å². The van der Waals surface area contributed by atoms with Crippen LogP contribution in [0, 0.1) is 5.92 Å². The van der Waals surface area contributed by atoms with Crippen molar-refractivity contribution in [2.45, 2.75) is 70.9 Å². The van der Waals surface area contributed by atoms with Gasteiger partial charge in [-0.05, 0) is 57.1 Å². The lowest BCUT2D eigenvalue weighted by molar-refractivity contribution is 0.268. The Morgan fingerprint density at radius 2 is 2.11 bits per heavy atom. The molecule has 0 aliphatic heterocycles. The molecule has 2 heteroatoms. The quantitative estimate of drug-likeness (QED) is 0.819. The van der Waals surface area contributed by atoms with Crippen LogP contribution in [0.5, 0.6) is 0 Å². The number of nitrogens with one attached hydrogen (secondary N) is 1. The summed E-state index contributed by atoms with van der Waals surface area (Å²) < 4.78 is 5.37. The summed E-state index contributed by atoms with van der Waals surface area (Å²) in [5.41, 5.74) is 0. The molecule has 0 bridgehead atoms. The summed E-state index contributed by atoms with van der Waals surface area (Å²) in [6.45, 7) is 4.62. The van der Waals surface area contributed by atoms with Gasteiger partial charge < -0.3 is 9.73 Å². The fourth-order valence-corrected chi connectivity index (χ4v) is 3.04. The van der Waals surface area contributed by atoms with Gasteiger partial charge in [0.2, 0.25) is 0 Å². The second-order valence-corrected chi connectivity index (χ2v) is 5.81. The van der Waals surface area contributed by atoms with E-state index in [0.29, 0.717) is 6.04 Å². The Morgan fingerprint density at radius 3 is 2.72 bits per heavy atom. The Hall–Kier alpha value is -0.760. The summed E-state index contributed by atoms with van der Waals surface area (Å²) in [5.74, 6) is 2.10. The van der Waals surface area contributed by atoms with E-state index in [-0.39, 0.29) is 0 Å². The molecule has 1 N–H and O–H groups in total. The Balaban J connectivity index is 1.64. The average Bonchev–Trinajstić information content (AvgIpc) is 2.90. The van der Waals surface area contributed by atoms with Gasteiger partial charge in [-0.2, -0.15) is 0 Å². The van der Waals surface area contributed by atoms with Crippen LogP contribution >= 0.6 is 0 Å². The fraction of sp³-hybridized carbons (Fsp3) is 0.750. The van der Waals surface area contributed by atoms with Crippen molar-refractivity contribution in [2.24, 2.45) is 5.92 Å². The molecule has 1 heterocycles. The lowest BCUT2D eigenvalue weighted by Gasteiger charge is -2.30. The summed E-state index contributed by atoms with van der Waals surface area (Å²) in [7, 11) is 0. The van der Waals surface area contributed by atoms with Crippen molar-refractivity contribution in [1.29, 1.82) is 0 Å². The van der Waals surface area contributed by atoms with Crippen LogP contribution in [0.2, 0.25) is 0 Å². The smallest absolute Gasteiger partial charge is 0.103 e. The molecule has 1 aromatic heterocycles. The van der Waals surface area contributed by atoms with Gasteiger partial charge in [0.15, 0.2) is 0 Å². The first-order chi connectivity index (χ1) is 8.78. The third kappa shape index (κ3) is 4.16. The van der Waals surface area contributed by atoms with Gasteiger partial charge in [0.25, 0.3) is 0 Å². The molecule has 0 radical (unpaired) electrons. The lowest BCUT2D eigenvalue weighted by atomic mass is 9.84. The van der Waals surface area contributed by atoms with Gasteiger partial charge in [-0.15, -0.1) is 0 Å². The minimum atomic E-state index is 0.596. The Morgan fingerprint density at radius 1 is 1.33 bits per heavy atom.